The van der Waals surface area contributed by atoms with E-state index in [-0.39, 0.29) is 5.95 Å². The Balaban J connectivity index is 2.84. The Labute approximate surface area is 74.6 Å². The van der Waals surface area contributed by atoms with Crippen molar-refractivity contribution in [2.24, 2.45) is 7.05 Å². The predicted octanol–water partition coefficient (Wildman–Crippen LogP) is -0.247. The number of sulfonamides is 1. The fraction of sp³-hybridized carbons (Fsp3) is 0.500. The van der Waals surface area contributed by atoms with Crippen LogP contribution < -0.4 is 4.72 Å². The largest absolute Gasteiger partial charge is 0.250 e. The molecule has 0 bridgehead atoms. The molecule has 0 aromatic carbocycles. The fourth-order valence-electron chi connectivity index (χ4n) is 0.555. The highest BCUT2D eigenvalue weighted by molar-refractivity contribution is 7.93. The zero-order chi connectivity index (χ0) is 9.19. The van der Waals surface area contributed by atoms with Gasteiger partial charge in [-0.2, -0.15) is 10.1 Å². The third kappa shape index (κ3) is 2.08. The zero-order valence-corrected chi connectivity index (χ0v) is 7.80. The summed E-state index contributed by atoms with van der Waals surface area (Å²) >= 11 is 5.15. The molecule has 8 heteroatoms. The van der Waals surface area contributed by atoms with Crippen LogP contribution in [-0.2, 0) is 17.1 Å². The second-order valence-electron chi connectivity index (χ2n) is 2.03. The summed E-state index contributed by atoms with van der Waals surface area (Å²) in [7, 11) is -1.90. The molecular formula is C4H7ClN4O2S. The SMILES string of the molecule is Cn1ncnc1NS(=O)(=O)CCl. The molecular weight excluding hydrogens is 204 g/mol. The Morgan fingerprint density at radius 1 is 1.75 bits per heavy atom. The molecule has 0 aliphatic rings. The molecule has 0 saturated heterocycles. The Morgan fingerprint density at radius 2 is 2.42 bits per heavy atom. The molecule has 6 nitrogen and oxygen atoms in total. The Bertz CT molecular complexity index is 359. The maximum Gasteiger partial charge on any atom is 0.249 e. The van der Waals surface area contributed by atoms with Gasteiger partial charge in [-0.1, -0.05) is 0 Å². The number of anilines is 1. The van der Waals surface area contributed by atoms with Gasteiger partial charge in [0.15, 0.2) is 0 Å². The molecule has 12 heavy (non-hydrogen) atoms. The summed E-state index contributed by atoms with van der Waals surface area (Å²) in [6.07, 6.45) is 1.24. The summed E-state index contributed by atoms with van der Waals surface area (Å²) in [5.41, 5.74) is 0. The molecule has 0 atom stereocenters. The number of halogens is 1. The second-order valence-corrected chi connectivity index (χ2v) is 4.34. The lowest BCUT2D eigenvalue weighted by molar-refractivity contribution is 0.604. The fourth-order valence-corrected chi connectivity index (χ4v) is 1.24. The standard InChI is InChI=1S/C4H7ClN4O2S/c1-9-4(6-3-7-9)8-12(10,11)2-5/h3H,2H2,1H3,(H,6,7,8). The average molecular weight is 211 g/mol. The minimum absolute atomic E-state index is 0.149. The number of aromatic nitrogens is 3. The van der Waals surface area contributed by atoms with Crippen LogP contribution in [-0.4, -0.2) is 28.4 Å². The van der Waals surface area contributed by atoms with Crippen LogP contribution in [0.15, 0.2) is 6.33 Å². The highest BCUT2D eigenvalue weighted by Gasteiger charge is 2.10. The van der Waals surface area contributed by atoms with E-state index in [0.717, 1.165) is 0 Å². The van der Waals surface area contributed by atoms with Gasteiger partial charge < -0.3 is 0 Å². The Morgan fingerprint density at radius 3 is 2.83 bits per heavy atom. The van der Waals surface area contributed by atoms with Gasteiger partial charge in [0.05, 0.1) is 0 Å². The summed E-state index contributed by atoms with van der Waals surface area (Å²) < 4.78 is 25.2. The zero-order valence-electron chi connectivity index (χ0n) is 6.23. The highest BCUT2D eigenvalue weighted by Crippen LogP contribution is 2.02. The van der Waals surface area contributed by atoms with E-state index in [9.17, 15) is 8.42 Å². The van der Waals surface area contributed by atoms with Gasteiger partial charge in [0, 0.05) is 7.05 Å². The van der Waals surface area contributed by atoms with E-state index in [0.29, 0.717) is 0 Å². The first-order valence-electron chi connectivity index (χ1n) is 2.95. The summed E-state index contributed by atoms with van der Waals surface area (Å²) in [6.45, 7) is 0. The lowest BCUT2D eigenvalue weighted by Gasteiger charge is -2.01. The van der Waals surface area contributed by atoms with Crippen LogP contribution in [0.4, 0.5) is 5.95 Å². The lowest BCUT2D eigenvalue weighted by atomic mass is 11.0. The van der Waals surface area contributed by atoms with Gasteiger partial charge in [0.2, 0.25) is 16.0 Å². The number of rotatable bonds is 3. The van der Waals surface area contributed by atoms with Gasteiger partial charge >= 0.3 is 0 Å². The van der Waals surface area contributed by atoms with Gasteiger partial charge in [-0.3, -0.25) is 4.72 Å². The van der Waals surface area contributed by atoms with E-state index in [1.54, 1.807) is 7.05 Å². The van der Waals surface area contributed by atoms with Crippen molar-refractivity contribution in [2.45, 2.75) is 0 Å². The predicted molar refractivity (Wildman–Crippen MR) is 44.3 cm³/mol. The minimum Gasteiger partial charge on any atom is -0.250 e. The van der Waals surface area contributed by atoms with Crippen LogP contribution in [0.3, 0.4) is 0 Å². The van der Waals surface area contributed by atoms with Gasteiger partial charge in [0.25, 0.3) is 0 Å². The monoisotopic (exact) mass is 210 g/mol. The lowest BCUT2D eigenvalue weighted by Crippen LogP contribution is -2.16. The summed E-state index contributed by atoms with van der Waals surface area (Å²) in [5.74, 6) is 0.149. The van der Waals surface area contributed by atoms with Crippen molar-refractivity contribution < 1.29 is 8.42 Å². The molecule has 1 N–H and O–H groups in total. The van der Waals surface area contributed by atoms with Gasteiger partial charge in [-0.05, 0) is 0 Å². The van der Waals surface area contributed by atoms with Crippen molar-refractivity contribution in [3.8, 4) is 0 Å². The molecule has 0 saturated carbocycles. The van der Waals surface area contributed by atoms with Crippen LogP contribution in [0, 0.1) is 0 Å². The van der Waals surface area contributed by atoms with E-state index in [2.05, 4.69) is 14.8 Å². The van der Waals surface area contributed by atoms with Crippen LogP contribution in [0.2, 0.25) is 0 Å². The number of nitrogens with one attached hydrogen (secondary N) is 1. The first-order chi connectivity index (χ1) is 5.55. The van der Waals surface area contributed by atoms with E-state index in [1.165, 1.54) is 11.0 Å². The van der Waals surface area contributed by atoms with Crippen LogP contribution in [0.1, 0.15) is 0 Å². The van der Waals surface area contributed by atoms with Gasteiger partial charge in [-0.25, -0.2) is 13.1 Å². The van der Waals surface area contributed by atoms with Gasteiger partial charge in [0.1, 0.15) is 11.5 Å². The molecule has 0 fully saturated rings. The van der Waals surface area contributed by atoms with Gasteiger partial charge in [-0.15, -0.1) is 11.6 Å². The molecule has 1 heterocycles. The van der Waals surface area contributed by atoms with E-state index in [1.807, 2.05) is 0 Å². The normalized spacial score (nSPS) is 11.5. The molecule has 0 unspecified atom stereocenters. The van der Waals surface area contributed by atoms with Crippen molar-refractivity contribution >= 4 is 27.6 Å². The average Bonchev–Trinajstić information content (AvgIpc) is 2.36. The molecule has 0 amide bonds. The van der Waals surface area contributed by atoms with Crippen LogP contribution in [0.5, 0.6) is 0 Å². The third-order valence-corrected chi connectivity index (χ3v) is 2.74. The Hall–Kier alpha value is -0.820. The van der Waals surface area contributed by atoms with E-state index < -0.39 is 15.2 Å². The first-order valence-corrected chi connectivity index (χ1v) is 5.14. The summed E-state index contributed by atoms with van der Waals surface area (Å²) in [6, 6.07) is 0. The quantitative estimate of drug-likeness (QED) is 0.699. The molecule has 0 aliphatic heterocycles. The van der Waals surface area contributed by atoms with Crippen molar-refractivity contribution in [1.29, 1.82) is 0 Å². The van der Waals surface area contributed by atoms with Crippen molar-refractivity contribution in [3.63, 3.8) is 0 Å². The van der Waals surface area contributed by atoms with Crippen molar-refractivity contribution in [3.05, 3.63) is 6.33 Å². The number of alkyl halides is 1. The molecule has 0 spiro atoms. The third-order valence-electron chi connectivity index (χ3n) is 1.10. The molecule has 68 valence electrons. The smallest absolute Gasteiger partial charge is 0.249 e. The summed E-state index contributed by atoms with van der Waals surface area (Å²) in [4.78, 5) is 3.65. The molecule has 1 aromatic heterocycles. The maximum absolute atomic E-state index is 10.9. The number of hydrogen-bond acceptors (Lipinski definition) is 4. The van der Waals surface area contributed by atoms with Crippen molar-refractivity contribution in [2.75, 3.05) is 9.93 Å². The summed E-state index contributed by atoms with van der Waals surface area (Å²) in [5, 5.41) is 3.17. The van der Waals surface area contributed by atoms with Crippen LogP contribution in [0.25, 0.3) is 0 Å². The molecule has 0 radical (unpaired) electrons. The number of aryl methyl sites for hydroxylation is 1. The molecule has 0 aliphatic carbocycles. The molecule has 1 aromatic rings. The first kappa shape index (κ1) is 9.27. The maximum atomic E-state index is 10.9. The second kappa shape index (κ2) is 3.28. The topological polar surface area (TPSA) is 76.9 Å². The molecule has 1 rings (SSSR count). The van der Waals surface area contributed by atoms with Crippen LogP contribution >= 0.6 is 11.6 Å². The van der Waals surface area contributed by atoms with E-state index in [4.69, 9.17) is 11.6 Å². The number of nitrogens with zero attached hydrogens (tertiary/aromatic N) is 3. The highest BCUT2D eigenvalue weighted by atomic mass is 35.5. The Kier molecular flexibility index (Phi) is 2.53. The minimum atomic E-state index is -3.47. The van der Waals surface area contributed by atoms with Crippen molar-refractivity contribution in [1.82, 2.24) is 14.8 Å². The number of hydrogen-bond donors (Lipinski definition) is 1. The van der Waals surface area contributed by atoms with E-state index >= 15 is 0 Å².